The van der Waals surface area contributed by atoms with Crippen LogP contribution in [0.5, 0.6) is 11.5 Å². The summed E-state index contributed by atoms with van der Waals surface area (Å²) in [5.74, 6) is 2.62. The Labute approximate surface area is 201 Å². The summed E-state index contributed by atoms with van der Waals surface area (Å²) in [6, 6.07) is 18.7. The molecule has 1 saturated carbocycles. The first-order chi connectivity index (χ1) is 16.3. The molecular weight excluding hydrogens is 426 g/mol. The van der Waals surface area contributed by atoms with Crippen LogP contribution in [0.1, 0.15) is 56.3 Å². The lowest BCUT2D eigenvalue weighted by Gasteiger charge is -2.33. The average Bonchev–Trinajstić information content (AvgIpc) is 2.83. The van der Waals surface area contributed by atoms with E-state index < -0.39 is 0 Å². The van der Waals surface area contributed by atoms with Crippen LogP contribution in [0.3, 0.4) is 0 Å². The van der Waals surface area contributed by atoms with Crippen LogP contribution < -0.4 is 15.2 Å². The molecule has 6 nitrogen and oxygen atoms in total. The van der Waals surface area contributed by atoms with Crippen LogP contribution in [0.4, 0.5) is 0 Å². The van der Waals surface area contributed by atoms with Gasteiger partial charge >= 0.3 is 0 Å². The van der Waals surface area contributed by atoms with Crippen molar-refractivity contribution < 1.29 is 14.2 Å². The van der Waals surface area contributed by atoms with Crippen LogP contribution in [0, 0.1) is 0 Å². The minimum atomic E-state index is -0.156. The standard InChI is InChI=1S/C28H33N3O3/c1-5-32-19(2)27-30-15-14-23(31-27)18-33-24-10-6-20(7-11-24)28(3,4)21-8-12-25(13-9-21)34-26-16-22(29)17-26/h6-15,22,26H,2,5,16-18,29H2,1,3-4H3/t22-,26+. The van der Waals surface area contributed by atoms with Gasteiger partial charge in [0.2, 0.25) is 0 Å². The van der Waals surface area contributed by atoms with Gasteiger partial charge < -0.3 is 19.9 Å². The molecule has 1 aliphatic rings. The molecule has 34 heavy (non-hydrogen) atoms. The fraction of sp³-hybridized carbons (Fsp3) is 0.357. The molecule has 0 amide bonds. The number of rotatable bonds is 10. The van der Waals surface area contributed by atoms with E-state index in [2.05, 4.69) is 66.8 Å². The summed E-state index contributed by atoms with van der Waals surface area (Å²) in [7, 11) is 0. The highest BCUT2D eigenvalue weighted by Crippen LogP contribution is 2.34. The van der Waals surface area contributed by atoms with Crippen molar-refractivity contribution in [2.24, 2.45) is 5.73 Å². The Bertz CT molecular complexity index is 1100. The van der Waals surface area contributed by atoms with Gasteiger partial charge in [0.1, 0.15) is 24.2 Å². The van der Waals surface area contributed by atoms with Gasteiger partial charge in [0.15, 0.2) is 11.6 Å². The van der Waals surface area contributed by atoms with Crippen molar-refractivity contribution in [2.45, 2.75) is 57.8 Å². The second-order valence-electron chi connectivity index (χ2n) is 9.16. The van der Waals surface area contributed by atoms with E-state index in [1.807, 2.05) is 25.1 Å². The first kappa shape index (κ1) is 23.8. The predicted molar refractivity (Wildman–Crippen MR) is 134 cm³/mol. The van der Waals surface area contributed by atoms with Gasteiger partial charge in [-0.1, -0.05) is 44.7 Å². The maximum absolute atomic E-state index is 5.99. The average molecular weight is 460 g/mol. The Balaban J connectivity index is 1.37. The van der Waals surface area contributed by atoms with Crippen LogP contribution >= 0.6 is 0 Å². The summed E-state index contributed by atoms with van der Waals surface area (Å²) in [5, 5.41) is 0. The number of nitrogens with zero attached hydrogens (tertiary/aromatic N) is 2. The first-order valence-corrected chi connectivity index (χ1v) is 11.7. The summed E-state index contributed by atoms with van der Waals surface area (Å²) in [6.07, 6.45) is 3.80. The van der Waals surface area contributed by atoms with Gasteiger partial charge in [-0.2, -0.15) is 0 Å². The van der Waals surface area contributed by atoms with E-state index in [1.165, 1.54) is 11.1 Å². The largest absolute Gasteiger partial charge is 0.491 e. The second kappa shape index (κ2) is 10.3. The molecule has 0 saturated heterocycles. The number of aromatic nitrogens is 2. The van der Waals surface area contributed by atoms with Crippen molar-refractivity contribution in [2.75, 3.05) is 6.61 Å². The predicted octanol–water partition coefficient (Wildman–Crippen LogP) is 5.26. The number of ether oxygens (including phenoxy) is 3. The minimum absolute atomic E-state index is 0.156. The maximum atomic E-state index is 5.99. The fourth-order valence-electron chi connectivity index (χ4n) is 3.99. The molecular formula is C28H33N3O3. The van der Waals surface area contributed by atoms with Gasteiger partial charge in [0.25, 0.3) is 0 Å². The Morgan fingerprint density at radius 3 is 2.21 bits per heavy atom. The van der Waals surface area contributed by atoms with Crippen LogP contribution in [0.25, 0.3) is 5.76 Å². The van der Waals surface area contributed by atoms with Crippen LogP contribution in [-0.2, 0) is 16.8 Å². The fourth-order valence-corrected chi connectivity index (χ4v) is 3.99. The topological polar surface area (TPSA) is 79.5 Å². The molecule has 3 aromatic rings. The molecule has 0 aliphatic heterocycles. The quantitative estimate of drug-likeness (QED) is 0.417. The van der Waals surface area contributed by atoms with Crippen molar-refractivity contribution in [1.29, 1.82) is 0 Å². The zero-order valence-corrected chi connectivity index (χ0v) is 20.2. The first-order valence-electron chi connectivity index (χ1n) is 11.7. The number of hydrogen-bond donors (Lipinski definition) is 1. The zero-order valence-electron chi connectivity index (χ0n) is 20.2. The monoisotopic (exact) mass is 459 g/mol. The molecule has 2 aromatic carbocycles. The molecule has 1 heterocycles. The Kier molecular flexibility index (Phi) is 7.17. The van der Waals surface area contributed by atoms with Gasteiger partial charge in [0, 0.05) is 17.7 Å². The summed E-state index contributed by atoms with van der Waals surface area (Å²) < 4.78 is 17.3. The van der Waals surface area contributed by atoms with Crippen molar-refractivity contribution in [3.63, 3.8) is 0 Å². The summed E-state index contributed by atoms with van der Waals surface area (Å²) >= 11 is 0. The number of nitrogens with two attached hydrogens (primary N) is 1. The third kappa shape index (κ3) is 5.57. The SMILES string of the molecule is C=C(OCC)c1nccc(COc2ccc(C(C)(C)c3ccc(O[C@H]4C[C@@H](N)C4)cc3)cc2)n1. The summed E-state index contributed by atoms with van der Waals surface area (Å²) in [4.78, 5) is 8.67. The molecule has 4 rings (SSSR count). The maximum Gasteiger partial charge on any atom is 0.194 e. The highest BCUT2D eigenvalue weighted by Gasteiger charge is 2.28. The highest BCUT2D eigenvalue weighted by molar-refractivity contribution is 5.49. The van der Waals surface area contributed by atoms with Gasteiger partial charge in [-0.25, -0.2) is 9.97 Å². The molecule has 1 fully saturated rings. The second-order valence-corrected chi connectivity index (χ2v) is 9.16. The van der Waals surface area contributed by atoms with Crippen molar-refractivity contribution >= 4 is 5.76 Å². The Morgan fingerprint density at radius 2 is 1.62 bits per heavy atom. The molecule has 0 radical (unpaired) electrons. The summed E-state index contributed by atoms with van der Waals surface area (Å²) in [5.41, 5.74) is 8.89. The minimum Gasteiger partial charge on any atom is -0.491 e. The third-order valence-electron chi connectivity index (χ3n) is 6.25. The van der Waals surface area contributed by atoms with Crippen LogP contribution in [0.2, 0.25) is 0 Å². The van der Waals surface area contributed by atoms with Gasteiger partial charge in [-0.3, -0.25) is 0 Å². The molecule has 0 atom stereocenters. The normalized spacial score (nSPS) is 17.5. The van der Waals surface area contributed by atoms with Gasteiger partial charge in [-0.15, -0.1) is 0 Å². The summed E-state index contributed by atoms with van der Waals surface area (Å²) in [6.45, 7) is 11.1. The lowest BCUT2D eigenvalue weighted by atomic mass is 9.78. The van der Waals surface area contributed by atoms with E-state index >= 15 is 0 Å². The van der Waals surface area contributed by atoms with Crippen molar-refractivity contribution in [1.82, 2.24) is 9.97 Å². The molecule has 2 N–H and O–H groups in total. The van der Waals surface area contributed by atoms with Crippen LogP contribution in [-0.4, -0.2) is 28.7 Å². The highest BCUT2D eigenvalue weighted by atomic mass is 16.5. The van der Waals surface area contributed by atoms with Gasteiger partial charge in [0.05, 0.1) is 12.3 Å². The van der Waals surface area contributed by atoms with Crippen LogP contribution in [0.15, 0.2) is 67.4 Å². The van der Waals surface area contributed by atoms with E-state index in [-0.39, 0.29) is 17.6 Å². The number of benzene rings is 2. The molecule has 0 spiro atoms. The number of hydrogen-bond acceptors (Lipinski definition) is 6. The third-order valence-corrected chi connectivity index (χ3v) is 6.25. The Morgan fingerprint density at radius 1 is 1.00 bits per heavy atom. The van der Waals surface area contributed by atoms with Gasteiger partial charge in [-0.05, 0) is 61.2 Å². The Hall–Kier alpha value is -3.38. The molecule has 1 aromatic heterocycles. The molecule has 178 valence electrons. The smallest absolute Gasteiger partial charge is 0.194 e. The van der Waals surface area contributed by atoms with E-state index in [4.69, 9.17) is 19.9 Å². The van der Waals surface area contributed by atoms with Crippen molar-refractivity contribution in [3.8, 4) is 11.5 Å². The lowest BCUT2D eigenvalue weighted by Crippen LogP contribution is -2.43. The molecule has 0 unspecified atom stereocenters. The van der Waals surface area contributed by atoms with Crippen molar-refractivity contribution in [3.05, 3.63) is 90.0 Å². The lowest BCUT2D eigenvalue weighted by molar-refractivity contribution is 0.101. The zero-order chi connectivity index (χ0) is 24.1. The van der Waals surface area contributed by atoms with E-state index in [1.54, 1.807) is 6.20 Å². The van der Waals surface area contributed by atoms with E-state index in [0.717, 1.165) is 30.0 Å². The molecule has 0 bridgehead atoms. The van der Waals surface area contributed by atoms with E-state index in [9.17, 15) is 0 Å². The molecule has 6 heteroatoms. The van der Waals surface area contributed by atoms with E-state index in [0.29, 0.717) is 24.8 Å². The molecule has 1 aliphatic carbocycles.